The Morgan fingerprint density at radius 2 is 2.06 bits per heavy atom. The zero-order valence-corrected chi connectivity index (χ0v) is 11.5. The van der Waals surface area contributed by atoms with Crippen molar-refractivity contribution in [1.82, 2.24) is 5.32 Å². The number of furan rings is 1. The van der Waals surface area contributed by atoms with Gasteiger partial charge in [0.05, 0.1) is 6.26 Å². The molecular formula is C15H23NO2. The van der Waals surface area contributed by atoms with Crippen LogP contribution in [-0.2, 0) is 0 Å². The molecule has 2 unspecified atom stereocenters. The van der Waals surface area contributed by atoms with Gasteiger partial charge in [-0.15, -0.1) is 0 Å². The lowest BCUT2D eigenvalue weighted by Crippen LogP contribution is -2.46. The third-order valence-corrected chi connectivity index (χ3v) is 3.94. The van der Waals surface area contributed by atoms with Crippen LogP contribution in [0.1, 0.15) is 57.0 Å². The maximum absolute atomic E-state index is 12.0. The second-order valence-corrected chi connectivity index (χ2v) is 6.31. The zero-order valence-electron chi connectivity index (χ0n) is 11.5. The van der Waals surface area contributed by atoms with Crippen molar-refractivity contribution in [3.63, 3.8) is 0 Å². The smallest absolute Gasteiger partial charge is 0.287 e. The lowest BCUT2D eigenvalue weighted by Gasteiger charge is -2.40. The normalized spacial score (nSPS) is 24.8. The molecule has 1 fully saturated rings. The van der Waals surface area contributed by atoms with Gasteiger partial charge in [-0.3, -0.25) is 4.79 Å². The molecule has 18 heavy (non-hydrogen) atoms. The molecule has 0 aliphatic heterocycles. The van der Waals surface area contributed by atoms with Gasteiger partial charge in [0.25, 0.3) is 5.91 Å². The quantitative estimate of drug-likeness (QED) is 0.870. The molecule has 1 aliphatic carbocycles. The predicted octanol–water partition coefficient (Wildman–Crippen LogP) is 3.61. The van der Waals surface area contributed by atoms with Gasteiger partial charge in [-0.2, -0.15) is 0 Å². The highest BCUT2D eigenvalue weighted by Crippen LogP contribution is 2.38. The molecule has 2 rings (SSSR count). The topological polar surface area (TPSA) is 42.2 Å². The summed E-state index contributed by atoms with van der Waals surface area (Å²) in [7, 11) is 0. The zero-order chi connectivity index (χ0) is 13.2. The Bertz CT molecular complexity index is 389. The van der Waals surface area contributed by atoms with E-state index < -0.39 is 0 Å². The fourth-order valence-electron chi connectivity index (χ4n) is 2.99. The average molecular weight is 249 g/mol. The SMILES string of the molecule is CC(C)(C)C1CCCCC1NC(=O)c1ccco1. The van der Waals surface area contributed by atoms with E-state index in [0.717, 1.165) is 6.42 Å². The van der Waals surface area contributed by atoms with E-state index >= 15 is 0 Å². The van der Waals surface area contributed by atoms with Crippen molar-refractivity contribution in [3.8, 4) is 0 Å². The molecule has 0 spiro atoms. The van der Waals surface area contributed by atoms with Crippen molar-refractivity contribution in [2.24, 2.45) is 11.3 Å². The van der Waals surface area contributed by atoms with Gasteiger partial charge in [0.1, 0.15) is 0 Å². The second-order valence-electron chi connectivity index (χ2n) is 6.31. The van der Waals surface area contributed by atoms with Gasteiger partial charge in [0.15, 0.2) is 5.76 Å². The van der Waals surface area contributed by atoms with E-state index in [9.17, 15) is 4.79 Å². The fraction of sp³-hybridized carbons (Fsp3) is 0.667. The van der Waals surface area contributed by atoms with Crippen LogP contribution < -0.4 is 5.32 Å². The summed E-state index contributed by atoms with van der Waals surface area (Å²) in [6.45, 7) is 6.78. The molecule has 0 bridgehead atoms. The molecule has 1 saturated carbocycles. The molecule has 1 heterocycles. The van der Waals surface area contributed by atoms with E-state index in [1.807, 2.05) is 0 Å². The molecule has 0 saturated heterocycles. The van der Waals surface area contributed by atoms with E-state index in [-0.39, 0.29) is 17.4 Å². The van der Waals surface area contributed by atoms with Gasteiger partial charge in [-0.05, 0) is 36.3 Å². The Kier molecular flexibility index (Phi) is 3.79. The Morgan fingerprint density at radius 1 is 1.33 bits per heavy atom. The van der Waals surface area contributed by atoms with Crippen LogP contribution >= 0.6 is 0 Å². The Morgan fingerprint density at radius 3 is 2.67 bits per heavy atom. The van der Waals surface area contributed by atoms with Crippen LogP contribution in [0, 0.1) is 11.3 Å². The molecule has 3 heteroatoms. The monoisotopic (exact) mass is 249 g/mol. The van der Waals surface area contributed by atoms with E-state index in [4.69, 9.17) is 4.42 Å². The lowest BCUT2D eigenvalue weighted by atomic mass is 9.69. The number of nitrogens with one attached hydrogen (secondary N) is 1. The molecule has 1 aliphatic rings. The number of hydrogen-bond acceptors (Lipinski definition) is 2. The maximum atomic E-state index is 12.0. The van der Waals surface area contributed by atoms with Gasteiger partial charge in [-0.1, -0.05) is 33.6 Å². The summed E-state index contributed by atoms with van der Waals surface area (Å²) >= 11 is 0. The van der Waals surface area contributed by atoms with E-state index in [2.05, 4.69) is 26.1 Å². The standard InChI is InChI=1S/C15H23NO2/c1-15(2,3)11-7-4-5-8-12(11)16-14(17)13-9-6-10-18-13/h6,9-12H,4-5,7-8H2,1-3H3,(H,16,17). The van der Waals surface area contributed by atoms with Crippen molar-refractivity contribution in [1.29, 1.82) is 0 Å². The molecule has 1 N–H and O–H groups in total. The Balaban J connectivity index is 2.04. The predicted molar refractivity (Wildman–Crippen MR) is 71.4 cm³/mol. The van der Waals surface area contributed by atoms with Crippen LogP contribution in [0.3, 0.4) is 0 Å². The van der Waals surface area contributed by atoms with Crippen LogP contribution in [-0.4, -0.2) is 11.9 Å². The maximum Gasteiger partial charge on any atom is 0.287 e. The van der Waals surface area contributed by atoms with Crippen LogP contribution in [0.2, 0.25) is 0 Å². The lowest BCUT2D eigenvalue weighted by molar-refractivity contribution is 0.0804. The highest BCUT2D eigenvalue weighted by molar-refractivity contribution is 5.91. The van der Waals surface area contributed by atoms with Crippen LogP contribution in [0.15, 0.2) is 22.8 Å². The first kappa shape index (κ1) is 13.2. The number of carbonyl (C=O) groups excluding carboxylic acids is 1. The molecular weight excluding hydrogens is 226 g/mol. The number of carbonyl (C=O) groups is 1. The van der Waals surface area contributed by atoms with Gasteiger partial charge in [0, 0.05) is 6.04 Å². The first-order valence-electron chi connectivity index (χ1n) is 6.83. The summed E-state index contributed by atoms with van der Waals surface area (Å²) in [4.78, 5) is 12.0. The minimum absolute atomic E-state index is 0.0823. The molecule has 1 aromatic heterocycles. The molecule has 1 aromatic rings. The van der Waals surface area contributed by atoms with Gasteiger partial charge in [-0.25, -0.2) is 0 Å². The second kappa shape index (κ2) is 5.17. The Hall–Kier alpha value is -1.25. The minimum Gasteiger partial charge on any atom is -0.459 e. The average Bonchev–Trinajstić information content (AvgIpc) is 2.81. The minimum atomic E-state index is -0.0823. The molecule has 3 nitrogen and oxygen atoms in total. The van der Waals surface area contributed by atoms with Crippen molar-refractivity contribution in [2.45, 2.75) is 52.5 Å². The van der Waals surface area contributed by atoms with Gasteiger partial charge < -0.3 is 9.73 Å². The van der Waals surface area contributed by atoms with Crippen molar-refractivity contribution >= 4 is 5.91 Å². The first-order valence-corrected chi connectivity index (χ1v) is 6.83. The van der Waals surface area contributed by atoms with Crippen molar-refractivity contribution in [2.75, 3.05) is 0 Å². The number of hydrogen-bond donors (Lipinski definition) is 1. The third kappa shape index (κ3) is 2.95. The Labute approximate surface area is 109 Å². The molecule has 2 atom stereocenters. The number of amides is 1. The van der Waals surface area contributed by atoms with Gasteiger partial charge >= 0.3 is 0 Å². The summed E-state index contributed by atoms with van der Waals surface area (Å²) in [6.07, 6.45) is 6.29. The summed E-state index contributed by atoms with van der Waals surface area (Å²) < 4.78 is 5.15. The largest absolute Gasteiger partial charge is 0.459 e. The molecule has 0 aromatic carbocycles. The summed E-state index contributed by atoms with van der Waals surface area (Å²) in [5, 5.41) is 3.15. The highest BCUT2D eigenvalue weighted by atomic mass is 16.3. The van der Waals surface area contributed by atoms with Crippen molar-refractivity contribution < 1.29 is 9.21 Å². The number of rotatable bonds is 2. The highest BCUT2D eigenvalue weighted by Gasteiger charge is 2.35. The van der Waals surface area contributed by atoms with Gasteiger partial charge in [0.2, 0.25) is 0 Å². The molecule has 0 radical (unpaired) electrons. The summed E-state index contributed by atoms with van der Waals surface area (Å²) in [5.41, 5.74) is 0.238. The third-order valence-electron chi connectivity index (χ3n) is 3.94. The van der Waals surface area contributed by atoms with Crippen LogP contribution in [0.5, 0.6) is 0 Å². The summed E-state index contributed by atoms with van der Waals surface area (Å²) in [6, 6.07) is 3.73. The van der Waals surface area contributed by atoms with Crippen LogP contribution in [0.25, 0.3) is 0 Å². The van der Waals surface area contributed by atoms with Crippen LogP contribution in [0.4, 0.5) is 0 Å². The molecule has 1 amide bonds. The molecule has 100 valence electrons. The van der Waals surface area contributed by atoms with E-state index in [1.165, 1.54) is 25.5 Å². The van der Waals surface area contributed by atoms with E-state index in [0.29, 0.717) is 11.7 Å². The van der Waals surface area contributed by atoms with Crippen molar-refractivity contribution in [3.05, 3.63) is 24.2 Å². The fourth-order valence-corrected chi connectivity index (χ4v) is 2.99. The first-order chi connectivity index (χ1) is 8.48. The summed E-state index contributed by atoms with van der Waals surface area (Å²) in [5.74, 6) is 0.875. The van der Waals surface area contributed by atoms with E-state index in [1.54, 1.807) is 12.1 Å².